The van der Waals surface area contributed by atoms with Crippen molar-refractivity contribution >= 4 is 22.7 Å². The zero-order chi connectivity index (χ0) is 12.3. The van der Waals surface area contributed by atoms with E-state index in [0.29, 0.717) is 6.54 Å². The Morgan fingerprint density at radius 1 is 1.24 bits per heavy atom. The van der Waals surface area contributed by atoms with Gasteiger partial charge in [0.2, 0.25) is 0 Å². The number of benzene rings is 1. The monoisotopic (exact) mass is 248 g/mol. The highest BCUT2D eigenvalue weighted by molar-refractivity contribution is 7.98. The van der Waals surface area contributed by atoms with Crippen LogP contribution in [0.3, 0.4) is 0 Å². The van der Waals surface area contributed by atoms with Gasteiger partial charge >= 0.3 is 0 Å². The Hall–Kier alpha value is -0.930. The van der Waals surface area contributed by atoms with Gasteiger partial charge in [-0.2, -0.15) is 11.8 Å². The second-order valence-corrected chi connectivity index (χ2v) is 5.39. The van der Waals surface area contributed by atoms with Crippen molar-refractivity contribution in [2.45, 2.75) is 32.7 Å². The van der Waals surface area contributed by atoms with Gasteiger partial charge in [-0.25, -0.2) is 0 Å². The first-order chi connectivity index (χ1) is 8.30. The average Bonchev–Trinajstić information content (AvgIpc) is 2.72. The number of aromatic nitrogens is 1. The molecule has 0 amide bonds. The molecule has 0 unspecified atom stereocenters. The van der Waals surface area contributed by atoms with Gasteiger partial charge in [-0.1, -0.05) is 19.1 Å². The minimum Gasteiger partial charge on any atom is -0.344 e. The molecule has 0 bridgehead atoms. The zero-order valence-corrected chi connectivity index (χ0v) is 11.4. The van der Waals surface area contributed by atoms with Crippen LogP contribution in [0.5, 0.6) is 0 Å². The summed E-state index contributed by atoms with van der Waals surface area (Å²) in [6.45, 7) is 6.05. The molecule has 2 N–H and O–H groups in total. The van der Waals surface area contributed by atoms with Gasteiger partial charge in [0.1, 0.15) is 0 Å². The summed E-state index contributed by atoms with van der Waals surface area (Å²) in [4.78, 5) is 0. The lowest BCUT2D eigenvalue weighted by molar-refractivity contribution is 0.765. The van der Waals surface area contributed by atoms with Crippen LogP contribution in [0.25, 0.3) is 10.9 Å². The Balaban J connectivity index is 2.47. The van der Waals surface area contributed by atoms with Gasteiger partial charge in [0.05, 0.1) is 0 Å². The highest BCUT2D eigenvalue weighted by Crippen LogP contribution is 2.24. The van der Waals surface area contributed by atoms with E-state index in [-0.39, 0.29) is 0 Å². The van der Waals surface area contributed by atoms with Crippen LogP contribution in [-0.4, -0.2) is 10.3 Å². The van der Waals surface area contributed by atoms with Crippen molar-refractivity contribution in [2.75, 3.05) is 5.75 Å². The van der Waals surface area contributed by atoms with Gasteiger partial charge in [0.15, 0.2) is 0 Å². The van der Waals surface area contributed by atoms with Crippen molar-refractivity contribution in [3.8, 4) is 0 Å². The molecule has 3 heteroatoms. The zero-order valence-electron chi connectivity index (χ0n) is 10.6. The summed E-state index contributed by atoms with van der Waals surface area (Å²) in [7, 11) is 0. The Bertz CT molecular complexity index is 502. The fourth-order valence-corrected chi connectivity index (χ4v) is 2.84. The predicted molar refractivity (Wildman–Crippen MR) is 77.3 cm³/mol. The highest BCUT2D eigenvalue weighted by Gasteiger charge is 2.07. The van der Waals surface area contributed by atoms with E-state index >= 15 is 0 Å². The fraction of sp³-hybridized carbons (Fsp3) is 0.429. The lowest BCUT2D eigenvalue weighted by atomic mass is 10.1. The van der Waals surface area contributed by atoms with Crippen LogP contribution in [0.4, 0.5) is 0 Å². The molecule has 0 aliphatic rings. The number of thioether (sulfide) groups is 1. The summed E-state index contributed by atoms with van der Waals surface area (Å²) >= 11 is 1.97. The van der Waals surface area contributed by atoms with E-state index < -0.39 is 0 Å². The number of nitrogens with zero attached hydrogens (tertiary/aromatic N) is 1. The molecular weight excluding hydrogens is 228 g/mol. The molecule has 0 saturated carbocycles. The van der Waals surface area contributed by atoms with Crippen LogP contribution >= 0.6 is 11.8 Å². The molecule has 0 spiro atoms. The summed E-state index contributed by atoms with van der Waals surface area (Å²) in [6, 6.07) is 8.84. The average molecular weight is 248 g/mol. The standard InChI is InChI=1S/C14H20N2S/c1-3-16-13(10-17-4-2)8-12-6-5-11(9-15)7-14(12)16/h5-8H,3-4,9-10,15H2,1-2H3. The van der Waals surface area contributed by atoms with Crippen molar-refractivity contribution in [3.05, 3.63) is 35.5 Å². The summed E-state index contributed by atoms with van der Waals surface area (Å²) in [5.74, 6) is 2.26. The SMILES string of the molecule is CCSCc1cc2ccc(CN)cc2n1CC. The lowest BCUT2D eigenvalue weighted by Gasteiger charge is -2.07. The normalized spacial score (nSPS) is 11.2. The van der Waals surface area contributed by atoms with Crippen molar-refractivity contribution in [2.24, 2.45) is 5.73 Å². The van der Waals surface area contributed by atoms with Crippen LogP contribution in [0.2, 0.25) is 0 Å². The number of rotatable bonds is 5. The van der Waals surface area contributed by atoms with Gasteiger partial charge in [-0.15, -0.1) is 0 Å². The molecule has 2 aromatic rings. The van der Waals surface area contributed by atoms with E-state index in [0.717, 1.165) is 12.3 Å². The Kier molecular flexibility index (Phi) is 4.13. The Labute approximate surface area is 107 Å². The summed E-state index contributed by atoms with van der Waals surface area (Å²) in [5.41, 5.74) is 9.66. The predicted octanol–water partition coefficient (Wildman–Crippen LogP) is 3.37. The van der Waals surface area contributed by atoms with Crippen molar-refractivity contribution in [3.63, 3.8) is 0 Å². The fourth-order valence-electron chi connectivity index (χ4n) is 2.18. The number of hydrogen-bond donors (Lipinski definition) is 1. The van der Waals surface area contributed by atoms with E-state index in [2.05, 4.69) is 42.7 Å². The number of aryl methyl sites for hydroxylation is 1. The van der Waals surface area contributed by atoms with Gasteiger partial charge in [0.25, 0.3) is 0 Å². The molecule has 0 atom stereocenters. The number of hydrogen-bond acceptors (Lipinski definition) is 2. The molecule has 2 nitrogen and oxygen atoms in total. The van der Waals surface area contributed by atoms with E-state index in [1.165, 1.54) is 27.9 Å². The number of nitrogens with two attached hydrogens (primary N) is 1. The lowest BCUT2D eigenvalue weighted by Crippen LogP contribution is -2.00. The maximum Gasteiger partial charge on any atom is 0.0485 e. The van der Waals surface area contributed by atoms with Gasteiger partial charge in [0, 0.05) is 30.1 Å². The third-order valence-electron chi connectivity index (χ3n) is 3.06. The third kappa shape index (κ3) is 2.50. The topological polar surface area (TPSA) is 30.9 Å². The van der Waals surface area contributed by atoms with Crippen molar-refractivity contribution in [1.29, 1.82) is 0 Å². The highest BCUT2D eigenvalue weighted by atomic mass is 32.2. The maximum absolute atomic E-state index is 5.71. The molecule has 17 heavy (non-hydrogen) atoms. The number of fused-ring (bicyclic) bond motifs is 1. The van der Waals surface area contributed by atoms with Crippen LogP contribution in [0.1, 0.15) is 25.1 Å². The van der Waals surface area contributed by atoms with Gasteiger partial charge in [-0.05, 0) is 35.8 Å². The molecule has 0 fully saturated rings. The molecule has 0 saturated heterocycles. The van der Waals surface area contributed by atoms with E-state index in [1.54, 1.807) is 0 Å². The second kappa shape index (κ2) is 5.61. The summed E-state index contributed by atoms with van der Waals surface area (Å²) < 4.78 is 2.40. The van der Waals surface area contributed by atoms with E-state index in [4.69, 9.17) is 5.73 Å². The first-order valence-corrected chi connectivity index (χ1v) is 7.34. The molecule has 1 aromatic heterocycles. The minimum atomic E-state index is 0.615. The van der Waals surface area contributed by atoms with E-state index in [1.807, 2.05) is 11.8 Å². The molecule has 1 heterocycles. The smallest absolute Gasteiger partial charge is 0.0485 e. The van der Waals surface area contributed by atoms with Crippen LogP contribution in [0.15, 0.2) is 24.3 Å². The molecule has 0 aliphatic carbocycles. The van der Waals surface area contributed by atoms with Crippen LogP contribution in [0, 0.1) is 0 Å². The van der Waals surface area contributed by atoms with Gasteiger partial charge < -0.3 is 10.3 Å². The first-order valence-electron chi connectivity index (χ1n) is 6.19. The summed E-state index contributed by atoms with van der Waals surface area (Å²) in [5, 5.41) is 1.33. The first kappa shape index (κ1) is 12.5. The summed E-state index contributed by atoms with van der Waals surface area (Å²) in [6.07, 6.45) is 0. The molecule has 92 valence electrons. The maximum atomic E-state index is 5.71. The molecular formula is C14H20N2S. The Morgan fingerprint density at radius 3 is 2.71 bits per heavy atom. The quantitative estimate of drug-likeness (QED) is 0.879. The second-order valence-electron chi connectivity index (χ2n) is 4.11. The minimum absolute atomic E-state index is 0.615. The van der Waals surface area contributed by atoms with Crippen LogP contribution in [-0.2, 0) is 18.8 Å². The third-order valence-corrected chi connectivity index (χ3v) is 3.97. The van der Waals surface area contributed by atoms with Crippen LogP contribution < -0.4 is 5.73 Å². The molecule has 0 radical (unpaired) electrons. The van der Waals surface area contributed by atoms with Crippen molar-refractivity contribution in [1.82, 2.24) is 4.57 Å². The molecule has 0 aliphatic heterocycles. The molecule has 1 aromatic carbocycles. The van der Waals surface area contributed by atoms with Gasteiger partial charge in [-0.3, -0.25) is 0 Å². The van der Waals surface area contributed by atoms with Crippen molar-refractivity contribution < 1.29 is 0 Å². The largest absolute Gasteiger partial charge is 0.344 e. The Morgan fingerprint density at radius 2 is 2.06 bits per heavy atom. The van der Waals surface area contributed by atoms with E-state index in [9.17, 15) is 0 Å². The molecule has 2 rings (SSSR count).